The minimum Gasteiger partial charge on any atom is -0.481 e. The summed E-state index contributed by atoms with van der Waals surface area (Å²) in [4.78, 5) is 22.0. The normalized spacial score (nSPS) is 26.7. The van der Waals surface area contributed by atoms with Crippen LogP contribution in [0.25, 0.3) is 11.0 Å². The predicted octanol–water partition coefficient (Wildman–Crippen LogP) is 3.18. The van der Waals surface area contributed by atoms with Gasteiger partial charge >= 0.3 is 5.97 Å². The Morgan fingerprint density at radius 1 is 1.26 bits per heavy atom. The molecule has 2 fully saturated rings. The van der Waals surface area contributed by atoms with Gasteiger partial charge in [-0.05, 0) is 45.4 Å². The zero-order valence-electron chi connectivity index (χ0n) is 17.8. The maximum Gasteiger partial charge on any atom is 0.306 e. The van der Waals surface area contributed by atoms with Crippen LogP contribution < -0.4 is 5.32 Å². The number of pyridine rings is 1. The van der Waals surface area contributed by atoms with Gasteiger partial charge in [0.15, 0.2) is 5.65 Å². The number of hydrogen-bond acceptors (Lipinski definition) is 7. The van der Waals surface area contributed by atoms with Crippen molar-refractivity contribution in [2.45, 2.75) is 70.1 Å². The summed E-state index contributed by atoms with van der Waals surface area (Å²) in [7, 11) is 0. The molecule has 1 aliphatic carbocycles. The van der Waals surface area contributed by atoms with Gasteiger partial charge in [-0.3, -0.25) is 4.79 Å². The fraction of sp³-hybridized carbons (Fsp3) is 0.636. The van der Waals surface area contributed by atoms with E-state index in [1.54, 1.807) is 0 Å². The van der Waals surface area contributed by atoms with Crippen LogP contribution in [0.2, 0.25) is 0 Å². The highest BCUT2D eigenvalue weighted by Crippen LogP contribution is 2.43. The first-order valence-electron chi connectivity index (χ1n) is 11.3. The van der Waals surface area contributed by atoms with Crippen molar-refractivity contribution in [2.75, 3.05) is 18.5 Å². The van der Waals surface area contributed by atoms with Crippen LogP contribution in [-0.4, -0.2) is 56.4 Å². The molecule has 1 saturated heterocycles. The molecule has 0 unspecified atom stereocenters. The van der Waals surface area contributed by atoms with Gasteiger partial charge < -0.3 is 20.0 Å². The van der Waals surface area contributed by atoms with Gasteiger partial charge in [0.05, 0.1) is 28.9 Å². The molecule has 1 saturated carbocycles. The number of oxime groups is 1. The molecule has 2 aromatic heterocycles. The second-order valence-corrected chi connectivity index (χ2v) is 8.88. The van der Waals surface area contributed by atoms with Gasteiger partial charge in [0, 0.05) is 44.0 Å². The summed E-state index contributed by atoms with van der Waals surface area (Å²) in [6.45, 7) is 4.32. The van der Waals surface area contributed by atoms with Crippen LogP contribution >= 0.6 is 0 Å². The molecule has 0 atom stereocenters. The third-order valence-electron chi connectivity index (χ3n) is 6.93. The van der Waals surface area contributed by atoms with Crippen LogP contribution in [-0.2, 0) is 20.9 Å². The first-order valence-corrected chi connectivity index (χ1v) is 11.3. The largest absolute Gasteiger partial charge is 0.481 e. The van der Waals surface area contributed by atoms with Crippen molar-refractivity contribution in [1.29, 1.82) is 0 Å². The SMILES string of the molecule is CCn1ncc2c(NC3CCOCC3)c(C3=NOC4(CCC(C(=O)O)CC4)C3)cnc21. The van der Waals surface area contributed by atoms with Crippen LogP contribution in [0, 0.1) is 5.92 Å². The fourth-order valence-electron chi connectivity index (χ4n) is 5.00. The molecule has 0 aromatic carbocycles. The molecule has 5 rings (SSSR count). The number of hydrogen-bond donors (Lipinski definition) is 2. The zero-order chi connectivity index (χ0) is 21.4. The van der Waals surface area contributed by atoms with Crippen molar-refractivity contribution in [3.05, 3.63) is 18.0 Å². The number of nitrogens with one attached hydrogen (secondary N) is 1. The van der Waals surface area contributed by atoms with E-state index in [-0.39, 0.29) is 11.5 Å². The van der Waals surface area contributed by atoms with E-state index >= 15 is 0 Å². The Balaban J connectivity index is 1.44. The fourth-order valence-corrected chi connectivity index (χ4v) is 5.00. The Bertz CT molecular complexity index is 1000. The van der Waals surface area contributed by atoms with Gasteiger partial charge in [0.25, 0.3) is 0 Å². The molecule has 9 heteroatoms. The Hall–Kier alpha value is -2.68. The maximum absolute atomic E-state index is 11.3. The minimum atomic E-state index is -0.709. The predicted molar refractivity (Wildman–Crippen MR) is 115 cm³/mol. The van der Waals surface area contributed by atoms with Crippen LogP contribution in [0.3, 0.4) is 0 Å². The van der Waals surface area contributed by atoms with E-state index in [9.17, 15) is 9.90 Å². The Morgan fingerprint density at radius 3 is 2.74 bits per heavy atom. The summed E-state index contributed by atoms with van der Waals surface area (Å²) in [6.07, 6.45) is 9.02. The van der Waals surface area contributed by atoms with Gasteiger partial charge in [-0.1, -0.05) is 5.16 Å². The number of anilines is 1. The molecular weight excluding hydrogens is 398 g/mol. The van der Waals surface area contributed by atoms with Crippen molar-refractivity contribution < 1.29 is 19.5 Å². The second kappa shape index (κ2) is 8.11. The molecule has 31 heavy (non-hydrogen) atoms. The number of carbonyl (C=O) groups is 1. The smallest absolute Gasteiger partial charge is 0.306 e. The van der Waals surface area contributed by atoms with Crippen molar-refractivity contribution in [2.24, 2.45) is 11.1 Å². The summed E-state index contributed by atoms with van der Waals surface area (Å²) in [6, 6.07) is 0.325. The van der Waals surface area contributed by atoms with Crippen molar-refractivity contribution in [1.82, 2.24) is 14.8 Å². The number of aliphatic carboxylic acids is 1. The molecule has 2 aliphatic heterocycles. The number of carboxylic acids is 1. The zero-order valence-corrected chi connectivity index (χ0v) is 17.8. The summed E-state index contributed by atoms with van der Waals surface area (Å²) in [5, 5.41) is 23.0. The highest BCUT2D eigenvalue weighted by atomic mass is 16.7. The molecule has 166 valence electrons. The number of ether oxygens (including phenoxy) is 1. The second-order valence-electron chi connectivity index (χ2n) is 8.88. The van der Waals surface area contributed by atoms with E-state index in [0.717, 1.165) is 60.6 Å². The van der Waals surface area contributed by atoms with Gasteiger partial charge in [-0.15, -0.1) is 0 Å². The lowest BCUT2D eigenvalue weighted by atomic mass is 9.76. The van der Waals surface area contributed by atoms with Crippen LogP contribution in [0.4, 0.5) is 5.69 Å². The number of nitrogens with zero attached hydrogens (tertiary/aromatic N) is 4. The third kappa shape index (κ3) is 3.75. The molecule has 1 spiro atoms. The lowest BCUT2D eigenvalue weighted by Crippen LogP contribution is -2.36. The van der Waals surface area contributed by atoms with Crippen LogP contribution in [0.15, 0.2) is 17.5 Å². The Labute approximate surface area is 180 Å². The van der Waals surface area contributed by atoms with Crippen molar-refractivity contribution >= 4 is 28.4 Å². The molecule has 2 N–H and O–H groups in total. The van der Waals surface area contributed by atoms with E-state index in [4.69, 9.17) is 14.6 Å². The Morgan fingerprint density at radius 2 is 2.03 bits per heavy atom. The average Bonchev–Trinajstić information content (AvgIpc) is 3.39. The maximum atomic E-state index is 11.3. The topological polar surface area (TPSA) is 111 Å². The monoisotopic (exact) mass is 427 g/mol. The first-order chi connectivity index (χ1) is 15.1. The molecular formula is C22H29N5O4. The molecule has 2 aromatic rings. The third-order valence-corrected chi connectivity index (χ3v) is 6.93. The number of aromatic nitrogens is 3. The minimum absolute atomic E-state index is 0.276. The number of rotatable bonds is 5. The number of aryl methyl sites for hydroxylation is 1. The van der Waals surface area contributed by atoms with Gasteiger partial charge in [0.2, 0.25) is 0 Å². The van der Waals surface area contributed by atoms with Crippen LogP contribution in [0.1, 0.15) is 57.4 Å². The standard InChI is InChI=1S/C22H29N5O4/c1-2-27-20-17(13-24-27)19(25-15-5-9-30-10-6-15)16(12-23-20)18-11-22(31-26-18)7-3-14(4-8-22)21(28)29/h12-15H,2-11H2,1H3,(H,23,25)(H,28,29). The van der Waals surface area contributed by atoms with Crippen molar-refractivity contribution in [3.63, 3.8) is 0 Å². The van der Waals surface area contributed by atoms with E-state index in [0.29, 0.717) is 38.1 Å². The van der Waals surface area contributed by atoms with E-state index in [1.165, 1.54) is 0 Å². The lowest BCUT2D eigenvalue weighted by Gasteiger charge is -2.33. The quantitative estimate of drug-likeness (QED) is 0.754. The molecule has 0 bridgehead atoms. The number of carboxylic acid groups (broad SMARTS) is 1. The van der Waals surface area contributed by atoms with Crippen molar-refractivity contribution in [3.8, 4) is 0 Å². The highest BCUT2D eigenvalue weighted by Gasteiger charge is 2.44. The van der Waals surface area contributed by atoms with E-state index < -0.39 is 5.97 Å². The average molecular weight is 428 g/mol. The summed E-state index contributed by atoms with van der Waals surface area (Å²) >= 11 is 0. The lowest BCUT2D eigenvalue weighted by molar-refractivity contribution is -0.145. The Kier molecular flexibility index (Phi) is 5.29. The van der Waals surface area contributed by atoms with Gasteiger partial charge in [-0.25, -0.2) is 9.67 Å². The molecule has 0 radical (unpaired) electrons. The molecule has 3 aliphatic rings. The van der Waals surface area contributed by atoms with E-state index in [2.05, 4.69) is 22.5 Å². The van der Waals surface area contributed by atoms with Crippen LogP contribution in [0.5, 0.6) is 0 Å². The van der Waals surface area contributed by atoms with Gasteiger partial charge in [-0.2, -0.15) is 5.10 Å². The summed E-state index contributed by atoms with van der Waals surface area (Å²) in [5.74, 6) is -0.985. The van der Waals surface area contributed by atoms with Gasteiger partial charge in [0.1, 0.15) is 5.60 Å². The van der Waals surface area contributed by atoms with E-state index in [1.807, 2.05) is 17.1 Å². The summed E-state index contributed by atoms with van der Waals surface area (Å²) in [5.41, 5.74) is 3.31. The molecule has 0 amide bonds. The first kappa shape index (κ1) is 20.2. The molecule has 4 heterocycles. The molecule has 9 nitrogen and oxygen atoms in total. The highest BCUT2D eigenvalue weighted by molar-refractivity contribution is 6.10. The number of fused-ring (bicyclic) bond motifs is 1. The summed E-state index contributed by atoms with van der Waals surface area (Å²) < 4.78 is 7.42.